The van der Waals surface area contributed by atoms with Crippen LogP contribution in [-0.2, 0) is 21.4 Å². The predicted molar refractivity (Wildman–Crippen MR) is 93.5 cm³/mol. The SMILES string of the molecule is CC(=O)Oc1c(C)cc(CNC2CCN(S(C)(=O)=O)CC2)cc1C. The van der Waals surface area contributed by atoms with Crippen molar-refractivity contribution in [3.05, 3.63) is 28.8 Å². The van der Waals surface area contributed by atoms with E-state index in [1.54, 1.807) is 0 Å². The molecule has 0 spiro atoms. The molecule has 6 nitrogen and oxygen atoms in total. The number of carbonyl (C=O) groups excluding carboxylic acids is 1. The normalized spacial score (nSPS) is 17.0. The number of aryl methyl sites for hydroxylation is 2. The molecular formula is C17H26N2O4S. The molecule has 0 unspecified atom stereocenters. The number of rotatable bonds is 5. The van der Waals surface area contributed by atoms with E-state index in [1.807, 2.05) is 26.0 Å². The van der Waals surface area contributed by atoms with Crippen molar-refractivity contribution in [2.24, 2.45) is 0 Å². The van der Waals surface area contributed by atoms with Gasteiger partial charge in [0.05, 0.1) is 6.26 Å². The number of carbonyl (C=O) groups is 1. The van der Waals surface area contributed by atoms with Crippen LogP contribution in [0, 0.1) is 13.8 Å². The lowest BCUT2D eigenvalue weighted by Gasteiger charge is -2.30. The Hall–Kier alpha value is -1.44. The Bertz CT molecular complexity index is 684. The first-order valence-corrected chi connectivity index (χ1v) is 9.98. The quantitative estimate of drug-likeness (QED) is 0.644. The van der Waals surface area contributed by atoms with E-state index in [0.717, 1.165) is 29.5 Å². The molecule has 24 heavy (non-hydrogen) atoms. The lowest BCUT2D eigenvalue weighted by molar-refractivity contribution is -0.131. The van der Waals surface area contributed by atoms with Crippen LogP contribution in [0.15, 0.2) is 12.1 Å². The fraction of sp³-hybridized carbons (Fsp3) is 0.588. The molecule has 1 saturated heterocycles. The molecule has 0 amide bonds. The Kier molecular flexibility index (Phi) is 6.01. The maximum absolute atomic E-state index is 11.5. The van der Waals surface area contributed by atoms with Gasteiger partial charge in [0.2, 0.25) is 10.0 Å². The Labute approximate surface area is 144 Å². The number of ether oxygens (including phenoxy) is 1. The van der Waals surface area contributed by atoms with Crippen LogP contribution in [0.2, 0.25) is 0 Å². The zero-order chi connectivity index (χ0) is 17.9. The number of esters is 1. The minimum atomic E-state index is -3.08. The monoisotopic (exact) mass is 354 g/mol. The van der Waals surface area contributed by atoms with Crippen molar-refractivity contribution in [1.82, 2.24) is 9.62 Å². The van der Waals surface area contributed by atoms with Crippen LogP contribution in [0.5, 0.6) is 5.75 Å². The van der Waals surface area contributed by atoms with Crippen LogP contribution in [0.3, 0.4) is 0 Å². The molecule has 1 fully saturated rings. The summed E-state index contributed by atoms with van der Waals surface area (Å²) in [5.74, 6) is 0.317. The number of benzene rings is 1. The van der Waals surface area contributed by atoms with E-state index in [2.05, 4.69) is 5.32 Å². The molecule has 0 aromatic heterocycles. The molecule has 0 saturated carbocycles. The first-order chi connectivity index (χ1) is 11.2. The van der Waals surface area contributed by atoms with Gasteiger partial charge in [0.1, 0.15) is 5.75 Å². The standard InChI is InChI=1S/C17H26N2O4S/c1-12-9-15(10-13(2)17(12)23-14(3)20)11-18-16-5-7-19(8-6-16)24(4,21)22/h9-10,16,18H,5-8,11H2,1-4H3. The predicted octanol–water partition coefficient (Wildman–Crippen LogP) is 1.74. The molecule has 1 aliphatic heterocycles. The van der Waals surface area contributed by atoms with E-state index in [0.29, 0.717) is 31.4 Å². The van der Waals surface area contributed by atoms with Crippen LogP contribution in [-0.4, -0.2) is 44.1 Å². The zero-order valence-corrected chi connectivity index (χ0v) is 15.6. The van der Waals surface area contributed by atoms with Crippen LogP contribution in [0.25, 0.3) is 0 Å². The third kappa shape index (κ3) is 5.03. The van der Waals surface area contributed by atoms with Crippen LogP contribution >= 0.6 is 0 Å². The van der Waals surface area contributed by atoms with Crippen molar-refractivity contribution in [1.29, 1.82) is 0 Å². The van der Waals surface area contributed by atoms with E-state index < -0.39 is 10.0 Å². The molecule has 0 aliphatic carbocycles. The molecule has 0 bridgehead atoms. The second-order valence-electron chi connectivity index (χ2n) is 6.47. The van der Waals surface area contributed by atoms with Gasteiger partial charge >= 0.3 is 5.97 Å². The summed E-state index contributed by atoms with van der Waals surface area (Å²) in [6, 6.07) is 4.35. The summed E-state index contributed by atoms with van der Waals surface area (Å²) in [6.45, 7) is 7.11. The zero-order valence-electron chi connectivity index (χ0n) is 14.8. The summed E-state index contributed by atoms with van der Waals surface area (Å²) in [5, 5.41) is 3.50. The molecule has 1 N–H and O–H groups in total. The molecule has 0 radical (unpaired) electrons. The molecule has 0 atom stereocenters. The van der Waals surface area contributed by atoms with Crippen molar-refractivity contribution in [2.75, 3.05) is 19.3 Å². The molecule has 1 heterocycles. The van der Waals surface area contributed by atoms with Gasteiger partial charge < -0.3 is 10.1 Å². The highest BCUT2D eigenvalue weighted by atomic mass is 32.2. The maximum Gasteiger partial charge on any atom is 0.308 e. The van der Waals surface area contributed by atoms with Crippen molar-refractivity contribution >= 4 is 16.0 Å². The van der Waals surface area contributed by atoms with Crippen LogP contribution in [0.1, 0.15) is 36.5 Å². The number of hydrogen-bond donors (Lipinski definition) is 1. The number of nitrogens with one attached hydrogen (secondary N) is 1. The lowest BCUT2D eigenvalue weighted by Crippen LogP contribution is -2.44. The minimum Gasteiger partial charge on any atom is -0.426 e. The molecule has 7 heteroatoms. The van der Waals surface area contributed by atoms with E-state index in [9.17, 15) is 13.2 Å². The molecule has 1 aromatic carbocycles. The Morgan fingerprint density at radius 2 is 1.79 bits per heavy atom. The summed E-state index contributed by atoms with van der Waals surface area (Å²) >= 11 is 0. The van der Waals surface area contributed by atoms with Crippen molar-refractivity contribution in [3.8, 4) is 5.75 Å². The first kappa shape index (κ1) is 18.9. The summed E-state index contributed by atoms with van der Waals surface area (Å²) in [5.41, 5.74) is 3.01. The number of sulfonamides is 1. The van der Waals surface area contributed by atoms with E-state index >= 15 is 0 Å². The number of hydrogen-bond acceptors (Lipinski definition) is 5. The smallest absolute Gasteiger partial charge is 0.308 e. The van der Waals surface area contributed by atoms with Gasteiger partial charge in [0.25, 0.3) is 0 Å². The highest BCUT2D eigenvalue weighted by molar-refractivity contribution is 7.88. The summed E-state index contributed by atoms with van der Waals surface area (Å²) in [7, 11) is -3.08. The molecule has 1 aliphatic rings. The third-order valence-corrected chi connectivity index (χ3v) is 5.59. The molecule has 1 aromatic rings. The van der Waals surface area contributed by atoms with Crippen molar-refractivity contribution in [2.45, 2.75) is 46.2 Å². The van der Waals surface area contributed by atoms with Crippen molar-refractivity contribution < 1.29 is 17.9 Å². The van der Waals surface area contributed by atoms with Gasteiger partial charge in [-0.05, 0) is 43.4 Å². The maximum atomic E-state index is 11.5. The van der Waals surface area contributed by atoms with Crippen LogP contribution < -0.4 is 10.1 Å². The van der Waals surface area contributed by atoms with Gasteiger partial charge in [0, 0.05) is 32.6 Å². The van der Waals surface area contributed by atoms with Gasteiger partial charge in [-0.15, -0.1) is 0 Å². The number of nitrogens with zero attached hydrogens (tertiary/aromatic N) is 1. The summed E-state index contributed by atoms with van der Waals surface area (Å²) < 4.78 is 29.8. The van der Waals surface area contributed by atoms with Gasteiger partial charge in [-0.2, -0.15) is 0 Å². The highest BCUT2D eigenvalue weighted by Crippen LogP contribution is 2.25. The topological polar surface area (TPSA) is 75.7 Å². The molecule has 2 rings (SSSR count). The average Bonchev–Trinajstić information content (AvgIpc) is 2.48. The molecule has 134 valence electrons. The van der Waals surface area contributed by atoms with E-state index in [4.69, 9.17) is 4.74 Å². The largest absolute Gasteiger partial charge is 0.426 e. The minimum absolute atomic E-state index is 0.315. The fourth-order valence-electron chi connectivity index (χ4n) is 3.10. The Morgan fingerprint density at radius 1 is 1.25 bits per heavy atom. The Balaban J connectivity index is 1.93. The fourth-order valence-corrected chi connectivity index (χ4v) is 3.97. The van der Waals surface area contributed by atoms with E-state index in [1.165, 1.54) is 17.5 Å². The third-order valence-electron chi connectivity index (χ3n) is 4.28. The summed E-state index contributed by atoms with van der Waals surface area (Å²) in [6.07, 6.45) is 2.89. The van der Waals surface area contributed by atoms with Crippen molar-refractivity contribution in [3.63, 3.8) is 0 Å². The highest BCUT2D eigenvalue weighted by Gasteiger charge is 2.24. The first-order valence-electron chi connectivity index (χ1n) is 8.14. The average molecular weight is 354 g/mol. The second kappa shape index (κ2) is 7.63. The van der Waals surface area contributed by atoms with Gasteiger partial charge in [-0.1, -0.05) is 12.1 Å². The lowest BCUT2D eigenvalue weighted by atomic mass is 10.0. The molecular weight excluding hydrogens is 328 g/mol. The Morgan fingerprint density at radius 3 is 2.25 bits per heavy atom. The second-order valence-corrected chi connectivity index (χ2v) is 8.45. The summed E-state index contributed by atoms with van der Waals surface area (Å²) in [4.78, 5) is 11.2. The van der Waals surface area contributed by atoms with Crippen LogP contribution in [0.4, 0.5) is 0 Å². The van der Waals surface area contributed by atoms with Gasteiger partial charge in [-0.3, -0.25) is 4.79 Å². The van der Waals surface area contributed by atoms with Gasteiger partial charge in [-0.25, -0.2) is 12.7 Å². The number of piperidine rings is 1. The van der Waals surface area contributed by atoms with E-state index in [-0.39, 0.29) is 5.97 Å². The van der Waals surface area contributed by atoms with Gasteiger partial charge in [0.15, 0.2) is 0 Å².